The number of fused-ring (bicyclic) bond motifs is 1. The minimum Gasteiger partial charge on any atom is -0.301 e. The summed E-state index contributed by atoms with van der Waals surface area (Å²) in [5.74, 6) is -0.0998. The smallest absolute Gasteiger partial charge is 0.236 e. The zero-order chi connectivity index (χ0) is 13.1. The van der Waals surface area contributed by atoms with E-state index in [1.807, 2.05) is 18.2 Å². The number of carbonyl (C=O) groups is 2. The van der Waals surface area contributed by atoms with Gasteiger partial charge in [0.2, 0.25) is 5.91 Å². The van der Waals surface area contributed by atoms with Gasteiger partial charge in [0.15, 0.2) is 10.2 Å². The number of anilines is 1. The molecule has 7 heteroatoms. The first-order valence-corrected chi connectivity index (χ1v) is 7.64. The van der Waals surface area contributed by atoms with Crippen molar-refractivity contribution < 1.29 is 9.59 Å². The number of nitrogens with one attached hydrogen (secondary N) is 1. The summed E-state index contributed by atoms with van der Waals surface area (Å²) in [5, 5.41) is 3.16. The van der Waals surface area contributed by atoms with Crippen molar-refractivity contribution in [3.8, 4) is 0 Å². The highest BCUT2D eigenvalue weighted by Crippen LogP contribution is 2.30. The number of thioether (sulfide) groups is 1. The molecule has 0 fully saturated rings. The Morgan fingerprint density at radius 3 is 2.94 bits per heavy atom. The summed E-state index contributed by atoms with van der Waals surface area (Å²) in [7, 11) is 0. The van der Waals surface area contributed by atoms with Crippen LogP contribution in [0.1, 0.15) is 6.92 Å². The van der Waals surface area contributed by atoms with Crippen LogP contribution in [0.4, 0.5) is 5.13 Å². The Morgan fingerprint density at radius 1 is 1.50 bits per heavy atom. The molecule has 0 spiro atoms. The molecule has 1 aromatic carbocycles. The zero-order valence-electron chi connectivity index (χ0n) is 9.40. The van der Waals surface area contributed by atoms with Crippen LogP contribution in [0, 0.1) is 0 Å². The second-order valence-corrected chi connectivity index (χ2v) is 6.47. The van der Waals surface area contributed by atoms with Crippen LogP contribution in [0.25, 0.3) is 10.2 Å². The summed E-state index contributed by atoms with van der Waals surface area (Å²) in [6.07, 6.45) is 0. The molecule has 0 aliphatic rings. The fourth-order valence-corrected chi connectivity index (χ4v) is 3.19. The second-order valence-electron chi connectivity index (χ2n) is 3.43. The molecule has 0 aliphatic carbocycles. The van der Waals surface area contributed by atoms with Gasteiger partial charge in [0.05, 0.1) is 16.0 Å². The van der Waals surface area contributed by atoms with Crippen LogP contribution in [0.3, 0.4) is 0 Å². The maximum atomic E-state index is 11.5. The molecule has 0 saturated carbocycles. The highest BCUT2D eigenvalue weighted by molar-refractivity contribution is 9.10. The van der Waals surface area contributed by atoms with Gasteiger partial charge in [0.25, 0.3) is 0 Å². The minimum absolute atomic E-state index is 0.0720. The Hall–Kier alpha value is -0.920. The molecule has 18 heavy (non-hydrogen) atoms. The van der Waals surface area contributed by atoms with Crippen LogP contribution in [0.5, 0.6) is 0 Å². The number of benzene rings is 1. The van der Waals surface area contributed by atoms with Gasteiger partial charge in [-0.1, -0.05) is 29.2 Å². The van der Waals surface area contributed by atoms with Crippen LogP contribution in [-0.2, 0) is 9.59 Å². The maximum absolute atomic E-state index is 11.5. The topological polar surface area (TPSA) is 59.1 Å². The van der Waals surface area contributed by atoms with E-state index >= 15 is 0 Å². The number of rotatable bonds is 3. The second kappa shape index (κ2) is 5.81. The standard InChI is InChI=1S/C11H9BrN2O2S2/c1-6(15)17-5-9(16)13-11-14-10-7(12)3-2-4-8(10)18-11/h2-4H,5H2,1H3,(H,13,14,16). The average Bonchev–Trinajstić information content (AvgIpc) is 2.70. The molecule has 4 nitrogen and oxygen atoms in total. The van der Waals surface area contributed by atoms with Crippen molar-refractivity contribution >= 4 is 65.4 Å². The molecule has 0 bridgehead atoms. The Labute approximate surface area is 120 Å². The molecule has 1 aromatic heterocycles. The van der Waals surface area contributed by atoms with Gasteiger partial charge in [0.1, 0.15) is 0 Å². The summed E-state index contributed by atoms with van der Waals surface area (Å²) in [4.78, 5) is 26.6. The lowest BCUT2D eigenvalue weighted by molar-refractivity contribution is -0.114. The number of hydrogen-bond acceptors (Lipinski definition) is 5. The van der Waals surface area contributed by atoms with Crippen molar-refractivity contribution in [2.24, 2.45) is 0 Å². The van der Waals surface area contributed by atoms with E-state index in [4.69, 9.17) is 0 Å². The lowest BCUT2D eigenvalue weighted by atomic mass is 10.3. The molecule has 1 amide bonds. The quantitative estimate of drug-likeness (QED) is 0.928. The van der Waals surface area contributed by atoms with Gasteiger partial charge in [-0.3, -0.25) is 9.59 Å². The third-order valence-electron chi connectivity index (χ3n) is 2.02. The van der Waals surface area contributed by atoms with E-state index in [1.165, 1.54) is 18.3 Å². The van der Waals surface area contributed by atoms with E-state index in [-0.39, 0.29) is 16.8 Å². The number of halogens is 1. The Morgan fingerprint density at radius 2 is 2.28 bits per heavy atom. The molecular weight excluding hydrogens is 336 g/mol. The first kappa shape index (κ1) is 13.5. The highest BCUT2D eigenvalue weighted by atomic mass is 79.9. The fourth-order valence-electron chi connectivity index (χ4n) is 1.29. The number of para-hydroxylation sites is 1. The van der Waals surface area contributed by atoms with Gasteiger partial charge < -0.3 is 5.32 Å². The van der Waals surface area contributed by atoms with Gasteiger partial charge in [0, 0.05) is 11.4 Å². The van der Waals surface area contributed by atoms with E-state index in [1.54, 1.807) is 0 Å². The average molecular weight is 345 g/mol. The predicted molar refractivity (Wildman–Crippen MR) is 79.1 cm³/mol. The number of hydrogen-bond donors (Lipinski definition) is 1. The first-order valence-electron chi connectivity index (χ1n) is 5.04. The molecular formula is C11H9BrN2O2S2. The molecule has 0 radical (unpaired) electrons. The summed E-state index contributed by atoms with van der Waals surface area (Å²) < 4.78 is 1.90. The summed E-state index contributed by atoms with van der Waals surface area (Å²) in [6.45, 7) is 1.44. The van der Waals surface area contributed by atoms with Crippen LogP contribution < -0.4 is 5.32 Å². The zero-order valence-corrected chi connectivity index (χ0v) is 12.6. The monoisotopic (exact) mass is 344 g/mol. The maximum Gasteiger partial charge on any atom is 0.236 e. The van der Waals surface area contributed by atoms with E-state index in [2.05, 4.69) is 26.2 Å². The molecule has 0 atom stereocenters. The van der Waals surface area contributed by atoms with Gasteiger partial charge in [-0.25, -0.2) is 4.98 Å². The Kier molecular flexibility index (Phi) is 4.36. The van der Waals surface area contributed by atoms with E-state index in [9.17, 15) is 9.59 Å². The molecule has 94 valence electrons. The van der Waals surface area contributed by atoms with E-state index in [0.29, 0.717) is 5.13 Å². The lowest BCUT2D eigenvalue weighted by Gasteiger charge is -1.98. The number of thiazole rings is 1. The lowest BCUT2D eigenvalue weighted by Crippen LogP contribution is -2.14. The molecule has 0 unspecified atom stereocenters. The number of carbonyl (C=O) groups excluding carboxylic acids is 2. The van der Waals surface area contributed by atoms with E-state index < -0.39 is 0 Å². The van der Waals surface area contributed by atoms with Gasteiger partial charge in [-0.15, -0.1) is 0 Å². The summed E-state index contributed by atoms with van der Waals surface area (Å²) >= 11 is 5.80. The van der Waals surface area contributed by atoms with Crippen molar-refractivity contribution in [3.63, 3.8) is 0 Å². The third-order valence-corrected chi connectivity index (χ3v) is 4.41. The molecule has 0 saturated heterocycles. The number of aromatic nitrogens is 1. The molecule has 0 aliphatic heterocycles. The SMILES string of the molecule is CC(=O)SCC(=O)Nc1nc2c(Br)cccc2s1. The minimum atomic E-state index is -0.217. The largest absolute Gasteiger partial charge is 0.301 e. The Bertz CT molecular complexity index is 612. The summed E-state index contributed by atoms with van der Waals surface area (Å²) in [6, 6.07) is 5.76. The van der Waals surface area contributed by atoms with Crippen molar-refractivity contribution in [3.05, 3.63) is 22.7 Å². The van der Waals surface area contributed by atoms with Crippen LogP contribution in [-0.4, -0.2) is 21.8 Å². The molecule has 2 aromatic rings. The number of nitrogens with zero attached hydrogens (tertiary/aromatic N) is 1. The van der Waals surface area contributed by atoms with Gasteiger partial charge >= 0.3 is 0 Å². The normalized spacial score (nSPS) is 10.6. The van der Waals surface area contributed by atoms with Crippen molar-refractivity contribution in [2.45, 2.75) is 6.92 Å². The van der Waals surface area contributed by atoms with Crippen LogP contribution in [0.15, 0.2) is 22.7 Å². The van der Waals surface area contributed by atoms with Crippen molar-refractivity contribution in [2.75, 3.05) is 11.1 Å². The van der Waals surface area contributed by atoms with Gasteiger partial charge in [-0.05, 0) is 28.1 Å². The van der Waals surface area contributed by atoms with E-state index in [0.717, 1.165) is 26.5 Å². The highest BCUT2D eigenvalue weighted by Gasteiger charge is 2.10. The first-order chi connectivity index (χ1) is 8.56. The number of amides is 1. The molecule has 1 N–H and O–H groups in total. The Balaban J connectivity index is 2.10. The van der Waals surface area contributed by atoms with Crippen LogP contribution >= 0.6 is 39.0 Å². The summed E-state index contributed by atoms with van der Waals surface area (Å²) in [5.41, 5.74) is 0.831. The van der Waals surface area contributed by atoms with Gasteiger partial charge in [-0.2, -0.15) is 0 Å². The third kappa shape index (κ3) is 3.30. The molecule has 2 rings (SSSR count). The predicted octanol–water partition coefficient (Wildman–Crippen LogP) is 3.28. The fraction of sp³-hybridized carbons (Fsp3) is 0.182. The molecule has 1 heterocycles. The van der Waals surface area contributed by atoms with Crippen LogP contribution in [0.2, 0.25) is 0 Å². The van der Waals surface area contributed by atoms with Crippen molar-refractivity contribution in [1.29, 1.82) is 0 Å². The van der Waals surface area contributed by atoms with Crippen molar-refractivity contribution in [1.82, 2.24) is 4.98 Å².